The number of hydrogen-bond donors (Lipinski definition) is 2. The lowest BCUT2D eigenvalue weighted by atomic mass is 9.75. The maximum atomic E-state index is 12.3. The lowest BCUT2D eigenvalue weighted by Gasteiger charge is -2.36. The summed E-state index contributed by atoms with van der Waals surface area (Å²) in [5.74, 6) is 0.00120. The van der Waals surface area contributed by atoms with Crippen molar-refractivity contribution in [2.75, 3.05) is 13.2 Å². The highest BCUT2D eigenvalue weighted by molar-refractivity contribution is 6.07. The summed E-state index contributed by atoms with van der Waals surface area (Å²) >= 11 is 0. The van der Waals surface area contributed by atoms with Gasteiger partial charge >= 0.3 is 6.03 Å². The lowest BCUT2D eigenvalue weighted by Crippen LogP contribution is -2.57. The van der Waals surface area contributed by atoms with Gasteiger partial charge in [0.2, 0.25) is 0 Å². The Labute approximate surface area is 127 Å². The highest BCUT2D eigenvalue weighted by Gasteiger charge is 2.52. The molecule has 1 aliphatic heterocycles. The Bertz CT molecular complexity index is 367. The number of nitrogens with one attached hydrogen (secondary N) is 2. The minimum Gasteiger partial charge on any atom is -0.378 e. The van der Waals surface area contributed by atoms with Gasteiger partial charge in [-0.25, -0.2) is 4.79 Å². The van der Waals surface area contributed by atoms with Crippen LogP contribution in [-0.4, -0.2) is 30.7 Å². The molecule has 1 saturated carbocycles. The molecule has 2 N–H and O–H groups in total. The molecule has 1 unspecified atom stereocenters. The van der Waals surface area contributed by atoms with Crippen molar-refractivity contribution in [2.45, 2.75) is 70.3 Å². The molecule has 1 aliphatic carbocycles. The number of unbranched alkanes of at least 4 members (excludes halogenated alkanes) is 3. The highest BCUT2D eigenvalue weighted by atomic mass is 16.5. The van der Waals surface area contributed by atoms with Gasteiger partial charge in [-0.1, -0.05) is 45.4 Å². The van der Waals surface area contributed by atoms with Gasteiger partial charge in [0, 0.05) is 6.61 Å². The van der Waals surface area contributed by atoms with Crippen LogP contribution in [0.15, 0.2) is 0 Å². The molecule has 2 fully saturated rings. The first-order chi connectivity index (χ1) is 10.2. The third kappa shape index (κ3) is 3.96. The molecule has 2 aliphatic rings. The van der Waals surface area contributed by atoms with E-state index in [4.69, 9.17) is 4.74 Å². The lowest BCUT2D eigenvalue weighted by molar-refractivity contribution is -0.129. The second-order valence-electron chi connectivity index (χ2n) is 6.33. The first-order valence-electron chi connectivity index (χ1n) is 8.40. The van der Waals surface area contributed by atoms with Gasteiger partial charge in [-0.15, -0.1) is 0 Å². The molecule has 2 rings (SSSR count). The zero-order valence-corrected chi connectivity index (χ0v) is 13.1. The molecule has 0 aromatic heterocycles. The summed E-state index contributed by atoms with van der Waals surface area (Å²) in [6.07, 6.45) is 10.1. The molecule has 0 spiro atoms. The van der Waals surface area contributed by atoms with Crippen LogP contribution in [0.3, 0.4) is 0 Å². The smallest absolute Gasteiger partial charge is 0.322 e. The molecule has 0 aromatic carbocycles. The molecular weight excluding hydrogens is 268 g/mol. The van der Waals surface area contributed by atoms with Gasteiger partial charge in [-0.2, -0.15) is 0 Å². The van der Waals surface area contributed by atoms with E-state index in [-0.39, 0.29) is 17.9 Å². The van der Waals surface area contributed by atoms with E-state index in [2.05, 4.69) is 17.6 Å². The second-order valence-corrected chi connectivity index (χ2v) is 6.33. The average Bonchev–Trinajstić information content (AvgIpc) is 2.79. The third-order valence-corrected chi connectivity index (χ3v) is 4.74. The SMILES string of the molecule is CCCCCCOCC1(C2CCCCC2)NC(=O)NC1=O. The summed E-state index contributed by atoms with van der Waals surface area (Å²) < 4.78 is 5.76. The van der Waals surface area contributed by atoms with Gasteiger partial charge in [-0.05, 0) is 25.2 Å². The van der Waals surface area contributed by atoms with Gasteiger partial charge in [0.15, 0.2) is 0 Å². The van der Waals surface area contributed by atoms with Crippen molar-refractivity contribution in [1.29, 1.82) is 0 Å². The van der Waals surface area contributed by atoms with Crippen LogP contribution in [0, 0.1) is 5.92 Å². The third-order valence-electron chi connectivity index (χ3n) is 4.74. The van der Waals surface area contributed by atoms with Crippen LogP contribution in [-0.2, 0) is 9.53 Å². The molecule has 21 heavy (non-hydrogen) atoms. The topological polar surface area (TPSA) is 67.4 Å². The Morgan fingerprint density at radius 3 is 2.52 bits per heavy atom. The van der Waals surface area contributed by atoms with E-state index >= 15 is 0 Å². The normalized spacial score (nSPS) is 26.7. The van der Waals surface area contributed by atoms with E-state index in [9.17, 15) is 9.59 Å². The van der Waals surface area contributed by atoms with Crippen molar-refractivity contribution < 1.29 is 14.3 Å². The number of carbonyl (C=O) groups is 2. The van der Waals surface area contributed by atoms with Crippen LogP contribution in [0.4, 0.5) is 4.79 Å². The van der Waals surface area contributed by atoms with Gasteiger partial charge in [0.05, 0.1) is 6.61 Å². The largest absolute Gasteiger partial charge is 0.378 e. The number of rotatable bonds is 8. The zero-order chi connectivity index (χ0) is 15.1. The molecule has 0 bridgehead atoms. The van der Waals surface area contributed by atoms with Crippen molar-refractivity contribution in [3.8, 4) is 0 Å². The molecule has 3 amide bonds. The van der Waals surface area contributed by atoms with Crippen LogP contribution < -0.4 is 10.6 Å². The second kappa shape index (κ2) is 7.78. The molecule has 1 atom stereocenters. The van der Waals surface area contributed by atoms with Crippen LogP contribution in [0.25, 0.3) is 0 Å². The minimum atomic E-state index is -0.831. The Kier molecular flexibility index (Phi) is 6.03. The Balaban J connectivity index is 1.90. The van der Waals surface area contributed by atoms with E-state index in [1.54, 1.807) is 0 Å². The molecule has 0 radical (unpaired) electrons. The number of hydrogen-bond acceptors (Lipinski definition) is 3. The number of urea groups is 1. The van der Waals surface area contributed by atoms with E-state index in [0.29, 0.717) is 13.2 Å². The van der Waals surface area contributed by atoms with E-state index in [0.717, 1.165) is 38.5 Å². The van der Waals surface area contributed by atoms with Crippen molar-refractivity contribution >= 4 is 11.9 Å². The van der Waals surface area contributed by atoms with Gasteiger partial charge in [0.1, 0.15) is 5.54 Å². The summed E-state index contributed by atoms with van der Waals surface area (Å²) in [5, 5.41) is 5.26. The first-order valence-corrected chi connectivity index (χ1v) is 8.40. The molecule has 5 nitrogen and oxygen atoms in total. The molecule has 120 valence electrons. The maximum Gasteiger partial charge on any atom is 0.322 e. The standard InChI is InChI=1S/C16H28N2O3/c1-2-3-4-8-11-21-12-16(13-9-6-5-7-10-13)14(19)17-15(20)18-16/h13H,2-12H2,1H3,(H2,17,18,19,20). The van der Waals surface area contributed by atoms with Crippen molar-refractivity contribution in [3.05, 3.63) is 0 Å². The molecule has 5 heteroatoms. The predicted octanol–water partition coefficient (Wildman–Crippen LogP) is 2.74. The number of amides is 3. The van der Waals surface area contributed by atoms with Crippen molar-refractivity contribution in [2.24, 2.45) is 5.92 Å². The highest BCUT2D eigenvalue weighted by Crippen LogP contribution is 2.35. The summed E-state index contributed by atoms with van der Waals surface area (Å²) in [5.41, 5.74) is -0.831. The van der Waals surface area contributed by atoms with Crippen LogP contribution in [0.1, 0.15) is 64.7 Å². The zero-order valence-electron chi connectivity index (χ0n) is 13.1. The van der Waals surface area contributed by atoms with Gasteiger partial charge < -0.3 is 10.1 Å². The number of ether oxygens (including phenoxy) is 1. The van der Waals surface area contributed by atoms with Crippen molar-refractivity contribution in [1.82, 2.24) is 10.6 Å². The van der Waals surface area contributed by atoms with Crippen LogP contribution >= 0.6 is 0 Å². The van der Waals surface area contributed by atoms with E-state index < -0.39 is 5.54 Å². The van der Waals surface area contributed by atoms with E-state index in [1.807, 2.05) is 0 Å². The van der Waals surface area contributed by atoms with Crippen LogP contribution in [0.5, 0.6) is 0 Å². The molecule has 1 heterocycles. The predicted molar refractivity (Wildman–Crippen MR) is 80.9 cm³/mol. The Morgan fingerprint density at radius 1 is 1.14 bits per heavy atom. The molecular formula is C16H28N2O3. The van der Waals surface area contributed by atoms with Crippen molar-refractivity contribution in [3.63, 3.8) is 0 Å². The molecule has 1 saturated heterocycles. The number of imide groups is 1. The Morgan fingerprint density at radius 2 is 1.90 bits per heavy atom. The fourth-order valence-corrected chi connectivity index (χ4v) is 3.47. The average molecular weight is 296 g/mol. The number of carbonyl (C=O) groups excluding carboxylic acids is 2. The maximum absolute atomic E-state index is 12.3. The monoisotopic (exact) mass is 296 g/mol. The Hall–Kier alpha value is -1.10. The van der Waals surface area contributed by atoms with Gasteiger partial charge in [-0.3, -0.25) is 10.1 Å². The fraction of sp³-hybridized carbons (Fsp3) is 0.875. The summed E-state index contributed by atoms with van der Waals surface area (Å²) in [6, 6.07) is -0.375. The fourth-order valence-electron chi connectivity index (χ4n) is 3.47. The minimum absolute atomic E-state index is 0.201. The quantitative estimate of drug-likeness (QED) is 0.534. The summed E-state index contributed by atoms with van der Waals surface area (Å²) in [7, 11) is 0. The molecule has 0 aromatic rings. The summed E-state index contributed by atoms with van der Waals surface area (Å²) in [6.45, 7) is 3.15. The van der Waals surface area contributed by atoms with Gasteiger partial charge in [0.25, 0.3) is 5.91 Å². The van der Waals surface area contributed by atoms with E-state index in [1.165, 1.54) is 19.3 Å². The van der Waals surface area contributed by atoms with Crippen LogP contribution in [0.2, 0.25) is 0 Å². The summed E-state index contributed by atoms with van der Waals surface area (Å²) in [4.78, 5) is 23.9. The first kappa shape index (κ1) is 16.3.